The maximum atomic E-state index is 12.4. The first-order chi connectivity index (χ1) is 15.3. The van der Waals surface area contributed by atoms with Crippen molar-refractivity contribution >= 4 is 39.9 Å². The van der Waals surface area contributed by atoms with Crippen molar-refractivity contribution in [3.63, 3.8) is 0 Å². The van der Waals surface area contributed by atoms with Crippen molar-refractivity contribution in [2.45, 2.75) is 13.3 Å². The van der Waals surface area contributed by atoms with E-state index in [1.165, 1.54) is 24.3 Å². The van der Waals surface area contributed by atoms with Crippen LogP contribution in [0.25, 0.3) is 10.8 Å². The summed E-state index contributed by atoms with van der Waals surface area (Å²) in [4.78, 5) is 60.8. The summed E-state index contributed by atoms with van der Waals surface area (Å²) in [5.41, 5.74) is -0.0989. The van der Waals surface area contributed by atoms with Crippen molar-refractivity contribution in [3.8, 4) is 0 Å². The molecule has 1 fully saturated rings. The fourth-order valence-electron chi connectivity index (χ4n) is 3.45. The number of nitrogens with one attached hydrogen (secondary N) is 5. The molecule has 2 unspecified atom stereocenters. The van der Waals surface area contributed by atoms with Gasteiger partial charge >= 0.3 is 0 Å². The van der Waals surface area contributed by atoms with Crippen LogP contribution in [0.3, 0.4) is 0 Å². The number of aromatic nitrogens is 2. The Kier molecular flexibility index (Phi) is 5.59. The maximum Gasteiger partial charge on any atom is 0.272 e. The summed E-state index contributed by atoms with van der Waals surface area (Å²) < 4.78 is 0. The molecule has 1 aliphatic rings. The quantitative estimate of drug-likeness (QED) is 0.394. The van der Waals surface area contributed by atoms with Gasteiger partial charge in [0, 0.05) is 17.2 Å². The Labute approximate surface area is 181 Å². The van der Waals surface area contributed by atoms with Crippen LogP contribution in [0.15, 0.2) is 52.1 Å². The molecule has 1 aliphatic carbocycles. The topological polar surface area (TPSA) is 153 Å². The molecule has 10 nitrogen and oxygen atoms in total. The fourth-order valence-corrected chi connectivity index (χ4v) is 3.45. The van der Waals surface area contributed by atoms with E-state index in [0.29, 0.717) is 11.6 Å². The minimum absolute atomic E-state index is 0.00747. The minimum atomic E-state index is -0.572. The maximum absolute atomic E-state index is 12.4. The van der Waals surface area contributed by atoms with Gasteiger partial charge in [-0.05, 0) is 42.7 Å². The summed E-state index contributed by atoms with van der Waals surface area (Å²) in [6.07, 6.45) is 0.859. The largest absolute Gasteiger partial charge is 0.343 e. The molecule has 0 spiro atoms. The Morgan fingerprint density at radius 3 is 2.47 bits per heavy atom. The molecule has 0 saturated heterocycles. The molecular formula is C22H21N5O5. The van der Waals surface area contributed by atoms with Crippen molar-refractivity contribution in [1.29, 1.82) is 0 Å². The zero-order chi connectivity index (χ0) is 22.8. The highest BCUT2D eigenvalue weighted by atomic mass is 16.2. The van der Waals surface area contributed by atoms with Gasteiger partial charge in [0.2, 0.25) is 11.8 Å². The van der Waals surface area contributed by atoms with E-state index in [9.17, 15) is 24.0 Å². The molecule has 32 heavy (non-hydrogen) atoms. The standard InChI is InChI=1S/C22H21N5O5/c1-11-8-15(11)20(30)24-13-5-2-4-12(9-13)19(29)23-10-17(28)25-16-7-3-6-14-18(16)22(32)27-26-21(14)31/h2-7,9,11,15H,8,10H2,1H3,(H,23,29)(H,24,30)(H,25,28)(H,26,31)(H,27,32). The number of hydrogen-bond acceptors (Lipinski definition) is 5. The van der Waals surface area contributed by atoms with Crippen LogP contribution in [0.2, 0.25) is 0 Å². The van der Waals surface area contributed by atoms with Gasteiger partial charge in [-0.1, -0.05) is 19.1 Å². The van der Waals surface area contributed by atoms with Gasteiger partial charge in [0.25, 0.3) is 17.0 Å². The Morgan fingerprint density at radius 2 is 1.72 bits per heavy atom. The highest BCUT2D eigenvalue weighted by molar-refractivity contribution is 6.04. The molecule has 10 heteroatoms. The van der Waals surface area contributed by atoms with Crippen LogP contribution < -0.4 is 27.1 Å². The molecule has 3 amide bonds. The lowest BCUT2D eigenvalue weighted by Crippen LogP contribution is -2.33. The van der Waals surface area contributed by atoms with Gasteiger partial charge in [0.1, 0.15) is 0 Å². The molecule has 3 aromatic rings. The van der Waals surface area contributed by atoms with E-state index in [1.54, 1.807) is 18.2 Å². The number of rotatable bonds is 6. The minimum Gasteiger partial charge on any atom is -0.343 e. The second-order valence-corrected chi connectivity index (χ2v) is 7.76. The number of carbonyl (C=O) groups is 3. The molecular weight excluding hydrogens is 414 g/mol. The van der Waals surface area contributed by atoms with Gasteiger partial charge in [-0.25, -0.2) is 0 Å². The van der Waals surface area contributed by atoms with Crippen molar-refractivity contribution < 1.29 is 14.4 Å². The lowest BCUT2D eigenvalue weighted by molar-refractivity contribution is -0.117. The third kappa shape index (κ3) is 4.43. The first-order valence-corrected chi connectivity index (χ1v) is 10.1. The monoisotopic (exact) mass is 435 g/mol. The highest BCUT2D eigenvalue weighted by Crippen LogP contribution is 2.38. The van der Waals surface area contributed by atoms with Crippen LogP contribution in [-0.4, -0.2) is 34.5 Å². The third-order valence-electron chi connectivity index (χ3n) is 5.35. The van der Waals surface area contributed by atoms with Gasteiger partial charge in [-0.2, -0.15) is 0 Å². The van der Waals surface area contributed by atoms with Crippen molar-refractivity contribution in [1.82, 2.24) is 15.5 Å². The summed E-state index contributed by atoms with van der Waals surface area (Å²) in [6, 6.07) is 10.9. The Bertz CT molecular complexity index is 1340. The van der Waals surface area contributed by atoms with Crippen molar-refractivity contribution in [3.05, 3.63) is 68.7 Å². The molecule has 1 aromatic heterocycles. The zero-order valence-corrected chi connectivity index (χ0v) is 17.2. The summed E-state index contributed by atoms with van der Waals surface area (Å²) in [6.45, 7) is 1.65. The summed E-state index contributed by atoms with van der Waals surface area (Å²) in [5.74, 6) is -0.761. The van der Waals surface area contributed by atoms with Crippen LogP contribution in [0, 0.1) is 11.8 Å². The number of anilines is 2. The van der Waals surface area contributed by atoms with E-state index >= 15 is 0 Å². The molecule has 4 rings (SSSR count). The van der Waals surface area contributed by atoms with Gasteiger partial charge in [-0.3, -0.25) is 34.2 Å². The number of carbonyl (C=O) groups excluding carboxylic acids is 3. The molecule has 0 radical (unpaired) electrons. The number of hydrogen-bond donors (Lipinski definition) is 5. The highest BCUT2D eigenvalue weighted by Gasteiger charge is 2.39. The zero-order valence-electron chi connectivity index (χ0n) is 17.2. The first-order valence-electron chi connectivity index (χ1n) is 10.1. The van der Waals surface area contributed by atoms with Crippen LogP contribution >= 0.6 is 0 Å². The normalized spacial score (nSPS) is 16.9. The van der Waals surface area contributed by atoms with E-state index in [1.807, 2.05) is 6.92 Å². The summed E-state index contributed by atoms with van der Waals surface area (Å²) in [5, 5.41) is 12.4. The first kappa shape index (κ1) is 21.0. The van der Waals surface area contributed by atoms with Gasteiger partial charge < -0.3 is 16.0 Å². The number of amides is 3. The Morgan fingerprint density at radius 1 is 1.00 bits per heavy atom. The molecule has 164 valence electrons. The van der Waals surface area contributed by atoms with Gasteiger partial charge in [0.15, 0.2) is 0 Å². The second-order valence-electron chi connectivity index (χ2n) is 7.76. The second kappa shape index (κ2) is 8.50. The summed E-state index contributed by atoms with van der Waals surface area (Å²) >= 11 is 0. The van der Waals surface area contributed by atoms with E-state index in [0.717, 1.165) is 6.42 Å². The van der Waals surface area contributed by atoms with Gasteiger partial charge in [-0.15, -0.1) is 0 Å². The molecule has 5 N–H and O–H groups in total. The van der Waals surface area contributed by atoms with Crippen molar-refractivity contribution in [2.24, 2.45) is 11.8 Å². The van der Waals surface area contributed by atoms with Crippen LogP contribution in [0.1, 0.15) is 23.7 Å². The molecule has 1 saturated carbocycles. The molecule has 0 aliphatic heterocycles. The fraction of sp³-hybridized carbons (Fsp3) is 0.227. The van der Waals surface area contributed by atoms with Crippen molar-refractivity contribution in [2.75, 3.05) is 17.2 Å². The number of benzene rings is 2. The van der Waals surface area contributed by atoms with Gasteiger partial charge in [0.05, 0.1) is 23.0 Å². The van der Waals surface area contributed by atoms with E-state index < -0.39 is 22.9 Å². The van der Waals surface area contributed by atoms with Crippen LogP contribution in [-0.2, 0) is 9.59 Å². The summed E-state index contributed by atoms with van der Waals surface area (Å²) in [7, 11) is 0. The molecule has 2 aromatic carbocycles. The Hall–Kier alpha value is -4.21. The Balaban J connectivity index is 1.39. The van der Waals surface area contributed by atoms with Crippen LogP contribution in [0.4, 0.5) is 11.4 Å². The SMILES string of the molecule is CC1CC1C(=O)Nc1cccc(C(=O)NCC(=O)Nc2cccc3c(=O)[nH][nH]c(=O)c23)c1. The van der Waals surface area contributed by atoms with E-state index in [2.05, 4.69) is 26.1 Å². The predicted octanol–water partition coefficient (Wildman–Crippen LogP) is 1.18. The number of aromatic amines is 2. The third-order valence-corrected chi connectivity index (χ3v) is 5.35. The van der Waals surface area contributed by atoms with E-state index in [4.69, 9.17) is 0 Å². The molecule has 0 bridgehead atoms. The molecule has 2 atom stereocenters. The lowest BCUT2D eigenvalue weighted by Gasteiger charge is -2.10. The average Bonchev–Trinajstić information content (AvgIpc) is 3.51. The average molecular weight is 435 g/mol. The number of fused-ring (bicyclic) bond motifs is 1. The molecule has 1 heterocycles. The smallest absolute Gasteiger partial charge is 0.272 e. The van der Waals surface area contributed by atoms with E-state index in [-0.39, 0.29) is 40.4 Å². The number of H-pyrrole nitrogens is 2. The predicted molar refractivity (Wildman–Crippen MR) is 118 cm³/mol. The van der Waals surface area contributed by atoms with Crippen LogP contribution in [0.5, 0.6) is 0 Å². The lowest BCUT2D eigenvalue weighted by atomic mass is 10.1.